The Labute approximate surface area is 196 Å². The Bertz CT molecular complexity index is 997. The predicted molar refractivity (Wildman–Crippen MR) is 130 cm³/mol. The van der Waals surface area contributed by atoms with E-state index in [0.29, 0.717) is 26.0 Å². The second-order valence-electron chi connectivity index (χ2n) is 8.90. The first-order valence-corrected chi connectivity index (χ1v) is 11.7. The van der Waals surface area contributed by atoms with E-state index in [0.717, 1.165) is 30.8 Å². The fourth-order valence-corrected chi connectivity index (χ4v) is 4.90. The van der Waals surface area contributed by atoms with Crippen molar-refractivity contribution in [2.75, 3.05) is 39.9 Å². The van der Waals surface area contributed by atoms with E-state index < -0.39 is 5.54 Å². The Hall–Kier alpha value is -2.96. The number of piperidine rings is 1. The summed E-state index contributed by atoms with van der Waals surface area (Å²) in [5.74, 6) is -0.0719. The Morgan fingerprint density at radius 2 is 1.70 bits per heavy atom. The minimum atomic E-state index is -0.765. The van der Waals surface area contributed by atoms with E-state index >= 15 is 0 Å². The van der Waals surface area contributed by atoms with Gasteiger partial charge < -0.3 is 9.64 Å². The van der Waals surface area contributed by atoms with Crippen molar-refractivity contribution < 1.29 is 14.3 Å². The second kappa shape index (κ2) is 10.3. The lowest BCUT2D eigenvalue weighted by Crippen LogP contribution is -2.57. The number of amides is 3. The first-order valence-electron chi connectivity index (χ1n) is 11.7. The highest BCUT2D eigenvalue weighted by atomic mass is 16.5. The summed E-state index contributed by atoms with van der Waals surface area (Å²) in [6, 6.07) is 18.2. The van der Waals surface area contributed by atoms with Crippen molar-refractivity contribution in [3.05, 3.63) is 77.4 Å². The van der Waals surface area contributed by atoms with Crippen LogP contribution < -0.4 is 0 Å². The summed E-state index contributed by atoms with van der Waals surface area (Å²) in [4.78, 5) is 32.5. The first-order chi connectivity index (χ1) is 16.0. The number of carbonyl (C=O) groups is 2. The van der Waals surface area contributed by atoms with Gasteiger partial charge in [-0.15, -0.1) is 0 Å². The van der Waals surface area contributed by atoms with Crippen molar-refractivity contribution in [3.63, 3.8) is 0 Å². The average Bonchev–Trinajstić information content (AvgIpc) is 3.02. The number of nitrogens with zero attached hydrogens (tertiary/aromatic N) is 3. The number of rotatable bonds is 8. The predicted octanol–water partition coefficient (Wildman–Crippen LogP) is 3.95. The molecule has 2 aliphatic heterocycles. The molecule has 0 atom stereocenters. The van der Waals surface area contributed by atoms with Crippen molar-refractivity contribution in [1.29, 1.82) is 0 Å². The molecule has 2 saturated heterocycles. The Balaban J connectivity index is 1.47. The Morgan fingerprint density at radius 1 is 1.00 bits per heavy atom. The molecule has 0 unspecified atom stereocenters. The molecule has 4 rings (SSSR count). The zero-order valence-electron chi connectivity index (χ0n) is 19.6. The van der Waals surface area contributed by atoms with E-state index in [4.69, 9.17) is 4.74 Å². The lowest BCUT2D eigenvalue weighted by molar-refractivity contribution is -0.135. The van der Waals surface area contributed by atoms with Crippen LogP contribution in [0.2, 0.25) is 0 Å². The molecule has 0 radical (unpaired) electrons. The van der Waals surface area contributed by atoms with Gasteiger partial charge in [0.25, 0.3) is 5.91 Å². The summed E-state index contributed by atoms with van der Waals surface area (Å²) in [5, 5.41) is 0. The van der Waals surface area contributed by atoms with Gasteiger partial charge >= 0.3 is 6.03 Å². The minimum Gasteiger partial charge on any atom is -0.383 e. The Kier molecular flexibility index (Phi) is 7.26. The number of urea groups is 1. The van der Waals surface area contributed by atoms with E-state index in [-0.39, 0.29) is 18.5 Å². The molecule has 2 fully saturated rings. The third-order valence-electron chi connectivity index (χ3n) is 6.85. The molecular weight excluding hydrogens is 414 g/mol. The topological polar surface area (TPSA) is 53.1 Å². The van der Waals surface area contributed by atoms with Gasteiger partial charge in [0.05, 0.1) is 6.61 Å². The molecule has 0 aliphatic carbocycles. The lowest BCUT2D eigenvalue weighted by atomic mass is 9.85. The third kappa shape index (κ3) is 4.87. The van der Waals surface area contributed by atoms with Crippen LogP contribution in [0.4, 0.5) is 4.79 Å². The summed E-state index contributed by atoms with van der Waals surface area (Å²) in [7, 11) is 1.63. The van der Waals surface area contributed by atoms with Gasteiger partial charge in [0, 0.05) is 39.8 Å². The van der Waals surface area contributed by atoms with Crippen LogP contribution in [0, 0.1) is 6.92 Å². The molecule has 2 aromatic carbocycles. The van der Waals surface area contributed by atoms with Crippen LogP contribution in [0.3, 0.4) is 0 Å². The zero-order valence-corrected chi connectivity index (χ0v) is 19.6. The number of likely N-dealkylation sites (tertiary alicyclic amines) is 1. The number of hydrogen-bond donors (Lipinski definition) is 0. The van der Waals surface area contributed by atoms with Crippen molar-refractivity contribution in [2.24, 2.45) is 0 Å². The summed E-state index contributed by atoms with van der Waals surface area (Å²) in [6.07, 6.45) is 5.19. The largest absolute Gasteiger partial charge is 0.383 e. The number of aryl methyl sites for hydroxylation is 1. The van der Waals surface area contributed by atoms with Crippen LogP contribution in [0.1, 0.15) is 29.5 Å². The van der Waals surface area contributed by atoms with Crippen LogP contribution in [0.25, 0.3) is 6.08 Å². The van der Waals surface area contributed by atoms with E-state index in [1.165, 1.54) is 10.5 Å². The monoisotopic (exact) mass is 447 g/mol. The Morgan fingerprint density at radius 3 is 2.39 bits per heavy atom. The molecular formula is C27H33N3O3. The fraction of sp³-hybridized carbons (Fsp3) is 0.407. The molecule has 0 saturated carbocycles. The molecule has 6 nitrogen and oxygen atoms in total. The molecule has 2 aromatic rings. The van der Waals surface area contributed by atoms with Crippen LogP contribution in [-0.4, -0.2) is 72.1 Å². The van der Waals surface area contributed by atoms with Gasteiger partial charge in [-0.25, -0.2) is 4.79 Å². The van der Waals surface area contributed by atoms with E-state index in [9.17, 15) is 9.59 Å². The van der Waals surface area contributed by atoms with Crippen LogP contribution in [-0.2, 0) is 16.1 Å². The van der Waals surface area contributed by atoms with Crippen LogP contribution in [0.15, 0.2) is 60.7 Å². The minimum absolute atomic E-state index is 0.0719. The van der Waals surface area contributed by atoms with E-state index in [2.05, 4.69) is 42.2 Å². The summed E-state index contributed by atoms with van der Waals surface area (Å²) >= 11 is 0. The maximum absolute atomic E-state index is 13.6. The zero-order chi connectivity index (χ0) is 23.3. The standard InChI is InChI=1S/C27H33N3O3/c1-22-9-6-7-12-24(22)13-8-16-29-25(31)27(30(26(29)32)19-20-33-2)14-17-28(18-15-27)21-23-10-4-3-5-11-23/h3-13H,14-21H2,1-2H3/b13-8+. The quantitative estimate of drug-likeness (QED) is 0.575. The average molecular weight is 448 g/mol. The SMILES string of the molecule is COCCN1C(=O)N(C/C=C/c2ccccc2C)C(=O)C12CCN(Cc1ccccc1)CC2. The molecule has 2 heterocycles. The van der Waals surface area contributed by atoms with Gasteiger partial charge in [-0.05, 0) is 36.5 Å². The molecule has 0 N–H and O–H groups in total. The molecule has 0 bridgehead atoms. The molecule has 3 amide bonds. The highest BCUT2D eigenvalue weighted by Gasteiger charge is 2.57. The summed E-state index contributed by atoms with van der Waals surface area (Å²) in [5.41, 5.74) is 2.76. The van der Waals surface area contributed by atoms with Gasteiger partial charge in [0.15, 0.2) is 0 Å². The maximum atomic E-state index is 13.6. The maximum Gasteiger partial charge on any atom is 0.328 e. The smallest absolute Gasteiger partial charge is 0.328 e. The van der Waals surface area contributed by atoms with Crippen molar-refractivity contribution in [1.82, 2.24) is 14.7 Å². The first kappa shape index (κ1) is 23.2. The van der Waals surface area contributed by atoms with Gasteiger partial charge in [0.1, 0.15) is 5.54 Å². The highest BCUT2D eigenvalue weighted by Crippen LogP contribution is 2.37. The molecule has 2 aliphatic rings. The van der Waals surface area contributed by atoms with Gasteiger partial charge in [-0.3, -0.25) is 14.6 Å². The molecule has 1 spiro atoms. The highest BCUT2D eigenvalue weighted by molar-refractivity contribution is 6.07. The number of carbonyl (C=O) groups excluding carboxylic acids is 2. The summed E-state index contributed by atoms with van der Waals surface area (Å²) < 4.78 is 5.26. The number of imide groups is 1. The molecule has 6 heteroatoms. The lowest BCUT2D eigenvalue weighted by Gasteiger charge is -2.42. The number of hydrogen-bond acceptors (Lipinski definition) is 4. The third-order valence-corrected chi connectivity index (χ3v) is 6.85. The number of benzene rings is 2. The summed E-state index contributed by atoms with van der Waals surface area (Å²) in [6.45, 7) is 5.61. The van der Waals surface area contributed by atoms with Gasteiger partial charge in [-0.2, -0.15) is 0 Å². The van der Waals surface area contributed by atoms with Gasteiger partial charge in [0.2, 0.25) is 0 Å². The molecule has 174 valence electrons. The van der Waals surface area contributed by atoms with Crippen molar-refractivity contribution in [3.8, 4) is 0 Å². The normalized spacial score (nSPS) is 18.7. The molecule has 0 aromatic heterocycles. The number of ether oxygens (including phenoxy) is 1. The van der Waals surface area contributed by atoms with Crippen molar-refractivity contribution in [2.45, 2.75) is 31.8 Å². The van der Waals surface area contributed by atoms with Crippen LogP contribution >= 0.6 is 0 Å². The fourth-order valence-electron chi connectivity index (χ4n) is 4.90. The molecule has 33 heavy (non-hydrogen) atoms. The van der Waals surface area contributed by atoms with Crippen molar-refractivity contribution >= 4 is 18.0 Å². The number of methoxy groups -OCH3 is 1. The van der Waals surface area contributed by atoms with Crippen LogP contribution in [0.5, 0.6) is 0 Å². The van der Waals surface area contributed by atoms with E-state index in [1.807, 2.05) is 36.4 Å². The van der Waals surface area contributed by atoms with Gasteiger partial charge in [-0.1, -0.05) is 66.7 Å². The second-order valence-corrected chi connectivity index (χ2v) is 8.90. The van der Waals surface area contributed by atoms with E-state index in [1.54, 1.807) is 12.0 Å².